The normalized spacial score (nSPS) is 19.0. The summed E-state index contributed by atoms with van der Waals surface area (Å²) in [5.41, 5.74) is 8.96. The lowest BCUT2D eigenvalue weighted by Gasteiger charge is -2.24. The van der Waals surface area contributed by atoms with Crippen LogP contribution < -0.4 is 5.73 Å². The van der Waals surface area contributed by atoms with E-state index >= 15 is 0 Å². The van der Waals surface area contributed by atoms with Crippen LogP contribution >= 0.6 is 15.9 Å². The van der Waals surface area contributed by atoms with Gasteiger partial charge in [0, 0.05) is 34.2 Å². The number of fused-ring (bicyclic) bond motifs is 1. The standard InChI is InChI=1S/C14H17BrN2/c1-17-9-12(15)11-5-4-10(8-13(11)17)14(16)6-2-3-7-14/h4-5,8-9H,2-3,6-7,16H2,1H3. The highest BCUT2D eigenvalue weighted by Crippen LogP contribution is 2.38. The summed E-state index contributed by atoms with van der Waals surface area (Å²) in [7, 11) is 2.08. The minimum Gasteiger partial charge on any atom is -0.349 e. The van der Waals surface area contributed by atoms with Crippen molar-refractivity contribution in [2.75, 3.05) is 0 Å². The van der Waals surface area contributed by atoms with Crippen LogP contribution in [-0.4, -0.2) is 4.57 Å². The molecule has 2 nitrogen and oxygen atoms in total. The summed E-state index contributed by atoms with van der Waals surface area (Å²) in [6.07, 6.45) is 6.84. The first kappa shape index (κ1) is 11.3. The molecule has 1 saturated carbocycles. The van der Waals surface area contributed by atoms with Gasteiger partial charge in [-0.05, 0) is 40.4 Å². The third kappa shape index (κ3) is 1.72. The Morgan fingerprint density at radius 2 is 2.00 bits per heavy atom. The zero-order chi connectivity index (χ0) is 12.0. The highest BCUT2D eigenvalue weighted by molar-refractivity contribution is 9.10. The predicted octanol–water partition coefficient (Wildman–Crippen LogP) is 3.67. The molecule has 3 heteroatoms. The van der Waals surface area contributed by atoms with Crippen LogP contribution in [0.25, 0.3) is 10.9 Å². The summed E-state index contributed by atoms with van der Waals surface area (Å²) in [5, 5.41) is 1.26. The van der Waals surface area contributed by atoms with E-state index in [2.05, 4.69) is 51.9 Å². The zero-order valence-corrected chi connectivity index (χ0v) is 11.6. The SMILES string of the molecule is Cn1cc(Br)c2ccc(C3(N)CCCC3)cc21. The molecule has 0 atom stereocenters. The molecular formula is C14H17BrN2. The predicted molar refractivity (Wildman–Crippen MR) is 75.0 cm³/mol. The molecule has 0 spiro atoms. The lowest BCUT2D eigenvalue weighted by atomic mass is 9.89. The van der Waals surface area contributed by atoms with Gasteiger partial charge in [-0.1, -0.05) is 25.0 Å². The van der Waals surface area contributed by atoms with Crippen molar-refractivity contribution in [3.63, 3.8) is 0 Å². The molecule has 0 unspecified atom stereocenters. The maximum Gasteiger partial charge on any atom is 0.0492 e. The van der Waals surface area contributed by atoms with Crippen molar-refractivity contribution in [3.05, 3.63) is 34.4 Å². The number of aryl methyl sites for hydroxylation is 1. The summed E-state index contributed by atoms with van der Waals surface area (Å²) in [5.74, 6) is 0. The smallest absolute Gasteiger partial charge is 0.0492 e. The van der Waals surface area contributed by atoms with Gasteiger partial charge < -0.3 is 10.3 Å². The number of hydrogen-bond acceptors (Lipinski definition) is 1. The molecule has 0 saturated heterocycles. The highest BCUT2D eigenvalue weighted by Gasteiger charge is 2.31. The largest absolute Gasteiger partial charge is 0.349 e. The molecule has 1 fully saturated rings. The first-order chi connectivity index (χ1) is 8.10. The maximum absolute atomic E-state index is 6.51. The number of hydrogen-bond donors (Lipinski definition) is 1. The fourth-order valence-electron chi connectivity index (χ4n) is 2.94. The molecule has 1 aromatic carbocycles. The van der Waals surface area contributed by atoms with Gasteiger partial charge in [0.2, 0.25) is 0 Å². The van der Waals surface area contributed by atoms with E-state index in [-0.39, 0.29) is 5.54 Å². The molecular weight excluding hydrogens is 276 g/mol. The molecule has 1 aliphatic carbocycles. The van der Waals surface area contributed by atoms with Gasteiger partial charge in [-0.3, -0.25) is 0 Å². The molecule has 90 valence electrons. The Hall–Kier alpha value is -0.800. The Morgan fingerprint density at radius 3 is 2.71 bits per heavy atom. The topological polar surface area (TPSA) is 30.9 Å². The molecule has 1 aliphatic rings. The zero-order valence-electron chi connectivity index (χ0n) is 10.0. The number of aromatic nitrogens is 1. The van der Waals surface area contributed by atoms with Gasteiger partial charge in [-0.2, -0.15) is 0 Å². The Balaban J connectivity index is 2.16. The summed E-state index contributed by atoms with van der Waals surface area (Å²) >= 11 is 3.59. The van der Waals surface area contributed by atoms with Crippen molar-refractivity contribution >= 4 is 26.8 Å². The first-order valence-corrected chi connectivity index (χ1v) is 6.93. The van der Waals surface area contributed by atoms with Crippen LogP contribution in [0.1, 0.15) is 31.2 Å². The van der Waals surface area contributed by atoms with Crippen LogP contribution in [0.2, 0.25) is 0 Å². The molecule has 0 radical (unpaired) electrons. The van der Waals surface area contributed by atoms with E-state index in [9.17, 15) is 0 Å². The molecule has 2 aromatic rings. The Bertz CT molecular complexity index is 565. The number of nitrogens with two attached hydrogens (primary N) is 1. The Kier molecular flexibility index (Phi) is 2.56. The monoisotopic (exact) mass is 292 g/mol. The molecule has 1 aromatic heterocycles. The van der Waals surface area contributed by atoms with Crippen molar-refractivity contribution in [2.45, 2.75) is 31.2 Å². The summed E-state index contributed by atoms with van der Waals surface area (Å²) < 4.78 is 3.31. The number of nitrogens with zero attached hydrogens (tertiary/aromatic N) is 1. The van der Waals surface area contributed by atoms with Crippen molar-refractivity contribution in [2.24, 2.45) is 12.8 Å². The second kappa shape index (κ2) is 3.85. The van der Waals surface area contributed by atoms with Gasteiger partial charge >= 0.3 is 0 Å². The van der Waals surface area contributed by atoms with E-state index in [1.165, 1.54) is 29.3 Å². The van der Waals surface area contributed by atoms with Gasteiger partial charge in [-0.25, -0.2) is 0 Å². The minimum absolute atomic E-state index is 0.0923. The van der Waals surface area contributed by atoms with E-state index in [4.69, 9.17) is 5.73 Å². The Morgan fingerprint density at radius 1 is 1.29 bits per heavy atom. The third-order valence-corrected chi connectivity index (χ3v) is 4.64. The first-order valence-electron chi connectivity index (χ1n) is 6.14. The quantitative estimate of drug-likeness (QED) is 0.854. The molecule has 0 amide bonds. The van der Waals surface area contributed by atoms with E-state index < -0.39 is 0 Å². The van der Waals surface area contributed by atoms with Crippen LogP contribution in [0, 0.1) is 0 Å². The van der Waals surface area contributed by atoms with E-state index in [0.29, 0.717) is 0 Å². The average Bonchev–Trinajstić information content (AvgIpc) is 2.86. The molecule has 3 rings (SSSR count). The van der Waals surface area contributed by atoms with Crippen molar-refractivity contribution in [1.82, 2.24) is 4.57 Å². The lowest BCUT2D eigenvalue weighted by Crippen LogP contribution is -2.32. The summed E-state index contributed by atoms with van der Waals surface area (Å²) in [6.45, 7) is 0. The molecule has 0 aliphatic heterocycles. The van der Waals surface area contributed by atoms with Crippen LogP contribution in [0.5, 0.6) is 0 Å². The average molecular weight is 293 g/mol. The van der Waals surface area contributed by atoms with Gasteiger partial charge in [0.1, 0.15) is 0 Å². The van der Waals surface area contributed by atoms with E-state index in [1.54, 1.807) is 0 Å². The number of rotatable bonds is 1. The summed E-state index contributed by atoms with van der Waals surface area (Å²) in [4.78, 5) is 0. The second-order valence-corrected chi connectivity index (χ2v) is 6.04. The van der Waals surface area contributed by atoms with E-state index in [0.717, 1.165) is 17.3 Å². The second-order valence-electron chi connectivity index (χ2n) is 5.18. The van der Waals surface area contributed by atoms with Gasteiger partial charge in [0.25, 0.3) is 0 Å². The fraction of sp³-hybridized carbons (Fsp3) is 0.429. The van der Waals surface area contributed by atoms with Crippen molar-refractivity contribution < 1.29 is 0 Å². The fourth-order valence-corrected chi connectivity index (χ4v) is 3.58. The van der Waals surface area contributed by atoms with E-state index in [1.807, 2.05) is 0 Å². The maximum atomic E-state index is 6.51. The lowest BCUT2D eigenvalue weighted by molar-refractivity contribution is 0.462. The van der Waals surface area contributed by atoms with Gasteiger partial charge in [0.15, 0.2) is 0 Å². The van der Waals surface area contributed by atoms with Gasteiger partial charge in [0.05, 0.1) is 0 Å². The third-order valence-electron chi connectivity index (χ3n) is 4.01. The van der Waals surface area contributed by atoms with Crippen molar-refractivity contribution in [3.8, 4) is 0 Å². The molecule has 1 heterocycles. The highest BCUT2D eigenvalue weighted by atomic mass is 79.9. The van der Waals surface area contributed by atoms with Crippen LogP contribution in [0.4, 0.5) is 0 Å². The summed E-state index contributed by atoms with van der Waals surface area (Å²) in [6, 6.07) is 6.63. The Labute approximate surface area is 110 Å². The molecule has 2 N–H and O–H groups in total. The molecule has 17 heavy (non-hydrogen) atoms. The van der Waals surface area contributed by atoms with Gasteiger partial charge in [-0.15, -0.1) is 0 Å². The minimum atomic E-state index is -0.0923. The number of benzene rings is 1. The van der Waals surface area contributed by atoms with Crippen LogP contribution in [-0.2, 0) is 12.6 Å². The van der Waals surface area contributed by atoms with Crippen LogP contribution in [0.15, 0.2) is 28.9 Å². The number of halogens is 1. The van der Waals surface area contributed by atoms with Crippen molar-refractivity contribution in [1.29, 1.82) is 0 Å². The molecule has 0 bridgehead atoms. The van der Waals surface area contributed by atoms with Crippen LogP contribution in [0.3, 0.4) is 0 Å².